The molecule has 1 spiro atoms. The summed E-state index contributed by atoms with van der Waals surface area (Å²) in [5, 5.41) is 8.40. The minimum Gasteiger partial charge on any atom is -0.381 e. The maximum Gasteiger partial charge on any atom is 0.209 e. The largest absolute Gasteiger partial charge is 0.381 e. The number of nitrogens with two attached hydrogens (primary N) is 1. The Bertz CT molecular complexity index is 328. The first-order chi connectivity index (χ1) is 7.02. The zero-order valence-corrected chi connectivity index (χ0v) is 10.8. The minimum absolute atomic E-state index is 0. The van der Waals surface area contributed by atoms with E-state index in [9.17, 15) is 8.42 Å². The monoisotopic (exact) mass is 270 g/mol. The van der Waals surface area contributed by atoms with Gasteiger partial charge in [0.1, 0.15) is 0 Å². The number of halogens is 1. The maximum absolute atomic E-state index is 11.1. The molecule has 2 rings (SSSR count). The van der Waals surface area contributed by atoms with Crippen LogP contribution in [0.4, 0.5) is 0 Å². The van der Waals surface area contributed by atoms with E-state index in [-0.39, 0.29) is 29.5 Å². The molecule has 0 amide bonds. The van der Waals surface area contributed by atoms with Crippen LogP contribution in [0.3, 0.4) is 0 Å². The summed E-state index contributed by atoms with van der Waals surface area (Å²) in [5.41, 5.74) is 0.102. The fourth-order valence-corrected chi connectivity index (χ4v) is 3.77. The molecule has 0 aromatic rings. The van der Waals surface area contributed by atoms with Gasteiger partial charge in [-0.1, -0.05) is 0 Å². The Morgan fingerprint density at radius 3 is 2.56 bits per heavy atom. The van der Waals surface area contributed by atoms with Gasteiger partial charge in [0.25, 0.3) is 0 Å². The number of primary sulfonamides is 1. The first kappa shape index (κ1) is 14.2. The number of hydrogen-bond acceptors (Lipinski definition) is 4. The van der Waals surface area contributed by atoms with Crippen molar-refractivity contribution < 1.29 is 13.2 Å². The fourth-order valence-electron chi connectivity index (χ4n) is 2.74. The SMILES string of the molecule is Cl.NS(=O)(=O)CC1CNCC12CCOCC2. The highest BCUT2D eigenvalue weighted by atomic mass is 35.5. The molecule has 2 heterocycles. The predicted molar refractivity (Wildman–Crippen MR) is 64.1 cm³/mol. The van der Waals surface area contributed by atoms with Gasteiger partial charge in [0, 0.05) is 19.8 Å². The maximum atomic E-state index is 11.1. The van der Waals surface area contributed by atoms with Crippen molar-refractivity contribution >= 4 is 22.4 Å². The van der Waals surface area contributed by atoms with Gasteiger partial charge < -0.3 is 10.1 Å². The Balaban J connectivity index is 0.00000128. The second-order valence-electron chi connectivity index (χ2n) is 4.63. The standard InChI is InChI=1S/C9H18N2O3S.ClH/c10-15(12,13)6-8-5-11-7-9(8)1-3-14-4-2-9;/h8,11H,1-7H2,(H2,10,12,13);1H. The molecule has 0 aliphatic carbocycles. The number of nitrogens with one attached hydrogen (secondary N) is 1. The lowest BCUT2D eigenvalue weighted by Crippen LogP contribution is -2.40. The van der Waals surface area contributed by atoms with Gasteiger partial charge in [0.05, 0.1) is 5.75 Å². The molecule has 0 bridgehead atoms. The molecule has 0 aromatic heterocycles. The van der Waals surface area contributed by atoms with Crippen molar-refractivity contribution in [3.63, 3.8) is 0 Å². The van der Waals surface area contributed by atoms with Crippen LogP contribution in [-0.4, -0.2) is 40.5 Å². The average molecular weight is 271 g/mol. The fraction of sp³-hybridized carbons (Fsp3) is 1.00. The number of ether oxygens (including phenoxy) is 1. The Kier molecular flexibility index (Phi) is 4.59. The molecule has 16 heavy (non-hydrogen) atoms. The zero-order valence-electron chi connectivity index (χ0n) is 9.15. The molecule has 3 N–H and O–H groups in total. The predicted octanol–water partition coefficient (Wildman–Crippen LogP) is -0.287. The molecule has 1 unspecified atom stereocenters. The normalized spacial score (nSPS) is 28.9. The molecular weight excluding hydrogens is 252 g/mol. The van der Waals surface area contributed by atoms with E-state index in [1.54, 1.807) is 0 Å². The van der Waals surface area contributed by atoms with Crippen molar-refractivity contribution in [3.05, 3.63) is 0 Å². The van der Waals surface area contributed by atoms with Gasteiger partial charge in [-0.05, 0) is 30.7 Å². The summed E-state index contributed by atoms with van der Waals surface area (Å²) < 4.78 is 27.6. The lowest BCUT2D eigenvalue weighted by molar-refractivity contribution is 0.00680. The summed E-state index contributed by atoms with van der Waals surface area (Å²) in [7, 11) is -3.36. The number of rotatable bonds is 2. The van der Waals surface area contributed by atoms with Crippen molar-refractivity contribution in [3.8, 4) is 0 Å². The van der Waals surface area contributed by atoms with Crippen LogP contribution < -0.4 is 10.5 Å². The van der Waals surface area contributed by atoms with Gasteiger partial charge >= 0.3 is 0 Å². The van der Waals surface area contributed by atoms with Gasteiger partial charge in [-0.15, -0.1) is 12.4 Å². The first-order valence-electron chi connectivity index (χ1n) is 5.31. The van der Waals surface area contributed by atoms with E-state index in [0.29, 0.717) is 0 Å². The van der Waals surface area contributed by atoms with E-state index in [4.69, 9.17) is 9.88 Å². The van der Waals surface area contributed by atoms with Gasteiger partial charge in [-0.3, -0.25) is 0 Å². The summed E-state index contributed by atoms with van der Waals surface area (Å²) in [6.45, 7) is 3.14. The second kappa shape index (κ2) is 5.18. The molecule has 7 heteroatoms. The van der Waals surface area contributed by atoms with Crippen LogP contribution in [0.1, 0.15) is 12.8 Å². The van der Waals surface area contributed by atoms with E-state index in [0.717, 1.165) is 39.1 Å². The third-order valence-electron chi connectivity index (χ3n) is 3.66. The van der Waals surface area contributed by atoms with E-state index in [2.05, 4.69) is 5.32 Å². The molecule has 2 aliphatic heterocycles. The third-order valence-corrected chi connectivity index (χ3v) is 4.52. The zero-order chi connectivity index (χ0) is 10.9. The van der Waals surface area contributed by atoms with Crippen LogP contribution in [0.2, 0.25) is 0 Å². The lowest BCUT2D eigenvalue weighted by Gasteiger charge is -2.37. The summed E-state index contributed by atoms with van der Waals surface area (Å²) in [6.07, 6.45) is 1.89. The summed E-state index contributed by atoms with van der Waals surface area (Å²) in [6, 6.07) is 0. The molecule has 0 aromatic carbocycles. The molecule has 5 nitrogen and oxygen atoms in total. The molecule has 0 saturated carbocycles. The Hall–Kier alpha value is 0.120. The van der Waals surface area contributed by atoms with E-state index in [1.165, 1.54) is 0 Å². The number of hydrogen-bond donors (Lipinski definition) is 2. The molecule has 2 aliphatic rings. The van der Waals surface area contributed by atoms with Gasteiger partial charge in [-0.2, -0.15) is 0 Å². The molecule has 0 radical (unpaired) electrons. The molecule has 2 fully saturated rings. The summed E-state index contributed by atoms with van der Waals surface area (Å²) in [4.78, 5) is 0. The summed E-state index contributed by atoms with van der Waals surface area (Å²) in [5.74, 6) is 0.247. The van der Waals surface area contributed by atoms with Gasteiger partial charge in [0.2, 0.25) is 10.0 Å². The topological polar surface area (TPSA) is 81.4 Å². The van der Waals surface area contributed by atoms with Crippen LogP contribution >= 0.6 is 12.4 Å². The Morgan fingerprint density at radius 1 is 1.38 bits per heavy atom. The highest BCUT2D eigenvalue weighted by molar-refractivity contribution is 7.89. The lowest BCUT2D eigenvalue weighted by atomic mass is 9.73. The number of sulfonamides is 1. The average Bonchev–Trinajstić information content (AvgIpc) is 2.48. The van der Waals surface area contributed by atoms with Gasteiger partial charge in [0.15, 0.2) is 0 Å². The molecular formula is C9H19ClN2O3S. The minimum atomic E-state index is -3.36. The Labute approximate surface area is 103 Å². The van der Waals surface area contributed by atoms with Crippen molar-refractivity contribution in [2.75, 3.05) is 32.1 Å². The van der Waals surface area contributed by atoms with Crippen LogP contribution in [-0.2, 0) is 14.8 Å². The van der Waals surface area contributed by atoms with Crippen molar-refractivity contribution in [2.45, 2.75) is 12.8 Å². The molecule has 1 atom stereocenters. The smallest absolute Gasteiger partial charge is 0.209 e. The van der Waals surface area contributed by atoms with E-state index < -0.39 is 10.0 Å². The van der Waals surface area contributed by atoms with E-state index in [1.807, 2.05) is 0 Å². The van der Waals surface area contributed by atoms with Crippen molar-refractivity contribution in [2.24, 2.45) is 16.5 Å². The van der Waals surface area contributed by atoms with Crippen LogP contribution in [0.5, 0.6) is 0 Å². The van der Waals surface area contributed by atoms with Crippen LogP contribution in [0.25, 0.3) is 0 Å². The highest BCUT2D eigenvalue weighted by Gasteiger charge is 2.44. The summed E-state index contributed by atoms with van der Waals surface area (Å²) >= 11 is 0. The van der Waals surface area contributed by atoms with Gasteiger partial charge in [-0.25, -0.2) is 13.6 Å². The second-order valence-corrected chi connectivity index (χ2v) is 6.29. The van der Waals surface area contributed by atoms with E-state index >= 15 is 0 Å². The molecule has 96 valence electrons. The van der Waals surface area contributed by atoms with Crippen LogP contribution in [0.15, 0.2) is 0 Å². The molecule has 2 saturated heterocycles. The quantitative estimate of drug-likeness (QED) is 0.723. The Morgan fingerprint density at radius 2 is 2.00 bits per heavy atom. The highest BCUT2D eigenvalue weighted by Crippen LogP contribution is 2.41. The van der Waals surface area contributed by atoms with Crippen molar-refractivity contribution in [1.29, 1.82) is 0 Å². The third kappa shape index (κ3) is 3.07. The van der Waals surface area contributed by atoms with Crippen LogP contribution in [0, 0.1) is 11.3 Å². The first-order valence-corrected chi connectivity index (χ1v) is 7.02. The van der Waals surface area contributed by atoms with Crippen molar-refractivity contribution in [1.82, 2.24) is 5.32 Å².